The van der Waals surface area contributed by atoms with Crippen molar-refractivity contribution >= 4 is 11.9 Å². The lowest BCUT2D eigenvalue weighted by Gasteiger charge is -2.39. The van der Waals surface area contributed by atoms with E-state index in [0.29, 0.717) is 12.5 Å². The number of nitrogens with zero attached hydrogens (tertiary/aromatic N) is 5. The van der Waals surface area contributed by atoms with Gasteiger partial charge in [0.1, 0.15) is 0 Å². The summed E-state index contributed by atoms with van der Waals surface area (Å²) in [5, 5.41) is 11.5. The van der Waals surface area contributed by atoms with Crippen LogP contribution in [0.2, 0.25) is 0 Å². The average molecular weight is 512 g/mol. The Morgan fingerprint density at radius 1 is 1.25 bits per heavy atom. The lowest BCUT2D eigenvalue weighted by molar-refractivity contribution is -0.192. The number of aliphatic carboxylic acids is 1. The van der Waals surface area contributed by atoms with Gasteiger partial charge in [0, 0.05) is 65.0 Å². The Labute approximate surface area is 207 Å². The molecule has 0 aliphatic carbocycles. The molecular formula is C24H32F3N5O4. The van der Waals surface area contributed by atoms with E-state index in [1.54, 1.807) is 11.8 Å². The highest BCUT2D eigenvalue weighted by Gasteiger charge is 2.45. The minimum Gasteiger partial charge on any atom is -0.475 e. The maximum Gasteiger partial charge on any atom is 0.490 e. The zero-order valence-electron chi connectivity index (χ0n) is 20.4. The lowest BCUT2D eigenvalue weighted by Crippen LogP contribution is -2.44. The molecular weight excluding hydrogens is 479 g/mol. The van der Waals surface area contributed by atoms with Gasteiger partial charge in [0.15, 0.2) is 0 Å². The number of carbonyl (C=O) groups excluding carboxylic acids is 1. The number of carbonyl (C=O) groups is 2. The Kier molecular flexibility index (Phi) is 9.07. The Morgan fingerprint density at radius 2 is 1.94 bits per heavy atom. The van der Waals surface area contributed by atoms with Crippen molar-refractivity contribution in [2.45, 2.75) is 44.4 Å². The predicted molar refractivity (Wildman–Crippen MR) is 124 cm³/mol. The molecule has 36 heavy (non-hydrogen) atoms. The summed E-state index contributed by atoms with van der Waals surface area (Å²) in [4.78, 5) is 30.4. The largest absolute Gasteiger partial charge is 0.490 e. The summed E-state index contributed by atoms with van der Waals surface area (Å²) in [6.45, 7) is 4.41. The molecule has 0 saturated carbocycles. The molecule has 2 aliphatic rings. The fourth-order valence-corrected chi connectivity index (χ4v) is 4.94. The number of likely N-dealkylation sites (tertiary alicyclic amines) is 2. The zero-order chi connectivity index (χ0) is 26.3. The molecule has 4 heterocycles. The third-order valence-corrected chi connectivity index (χ3v) is 6.71. The minimum atomic E-state index is -5.08. The molecule has 198 valence electrons. The van der Waals surface area contributed by atoms with Crippen LogP contribution in [0.1, 0.15) is 30.5 Å². The summed E-state index contributed by atoms with van der Waals surface area (Å²) in [6, 6.07) is 6.49. The van der Waals surface area contributed by atoms with Gasteiger partial charge in [-0.1, -0.05) is 6.07 Å². The van der Waals surface area contributed by atoms with Crippen molar-refractivity contribution in [3.63, 3.8) is 0 Å². The molecule has 0 bridgehead atoms. The van der Waals surface area contributed by atoms with Crippen molar-refractivity contribution in [2.75, 3.05) is 33.4 Å². The van der Waals surface area contributed by atoms with Crippen LogP contribution in [0.15, 0.2) is 36.8 Å². The Balaban J connectivity index is 0.000000454. The molecule has 2 aromatic rings. The third-order valence-electron chi connectivity index (χ3n) is 6.71. The number of halogens is 3. The van der Waals surface area contributed by atoms with E-state index >= 15 is 0 Å². The number of aryl methyl sites for hydroxylation is 1. The van der Waals surface area contributed by atoms with Gasteiger partial charge >= 0.3 is 12.1 Å². The molecule has 9 nitrogen and oxygen atoms in total. The highest BCUT2D eigenvalue weighted by Crippen LogP contribution is 2.44. The first-order valence-electron chi connectivity index (χ1n) is 11.7. The number of pyridine rings is 1. The van der Waals surface area contributed by atoms with Crippen LogP contribution >= 0.6 is 0 Å². The van der Waals surface area contributed by atoms with Crippen molar-refractivity contribution in [3.05, 3.63) is 48.0 Å². The summed E-state index contributed by atoms with van der Waals surface area (Å²) in [5.41, 5.74) is 2.38. The molecule has 1 spiro atoms. The second-order valence-corrected chi connectivity index (χ2v) is 9.42. The van der Waals surface area contributed by atoms with Gasteiger partial charge in [0.25, 0.3) is 0 Å². The van der Waals surface area contributed by atoms with E-state index in [0.717, 1.165) is 57.7 Å². The number of alkyl halides is 3. The van der Waals surface area contributed by atoms with Gasteiger partial charge in [-0.05, 0) is 42.4 Å². The summed E-state index contributed by atoms with van der Waals surface area (Å²) >= 11 is 0. The van der Waals surface area contributed by atoms with Crippen LogP contribution in [-0.4, -0.2) is 87.1 Å². The number of hydrogen-bond donors (Lipinski definition) is 1. The molecule has 1 amide bonds. The molecule has 2 aromatic heterocycles. The normalized spacial score (nSPS) is 19.7. The lowest BCUT2D eigenvalue weighted by atomic mass is 9.76. The summed E-state index contributed by atoms with van der Waals surface area (Å²) in [6.07, 6.45) is 4.23. The minimum absolute atomic E-state index is 0.192. The van der Waals surface area contributed by atoms with Gasteiger partial charge in [-0.15, -0.1) is 0 Å². The first kappa shape index (κ1) is 27.6. The van der Waals surface area contributed by atoms with E-state index in [1.165, 1.54) is 5.56 Å². The number of ether oxygens (including phenoxy) is 1. The van der Waals surface area contributed by atoms with Gasteiger partial charge in [0.2, 0.25) is 5.91 Å². The quantitative estimate of drug-likeness (QED) is 0.636. The molecule has 4 rings (SSSR count). The van der Waals surface area contributed by atoms with Crippen LogP contribution in [-0.2, 0) is 34.3 Å². The number of piperidine rings is 1. The number of carboxylic acid groups (broad SMARTS) is 1. The van der Waals surface area contributed by atoms with E-state index in [2.05, 4.69) is 21.0 Å². The first-order chi connectivity index (χ1) is 17.0. The van der Waals surface area contributed by atoms with Crippen molar-refractivity contribution < 1.29 is 32.6 Å². The van der Waals surface area contributed by atoms with Gasteiger partial charge in [-0.3, -0.25) is 19.4 Å². The summed E-state index contributed by atoms with van der Waals surface area (Å²) in [7, 11) is 3.67. The van der Waals surface area contributed by atoms with E-state index in [9.17, 15) is 18.0 Å². The van der Waals surface area contributed by atoms with Crippen LogP contribution in [0.5, 0.6) is 0 Å². The molecule has 1 unspecified atom stereocenters. The van der Waals surface area contributed by atoms with E-state index < -0.39 is 12.1 Å². The second-order valence-electron chi connectivity index (χ2n) is 9.42. The summed E-state index contributed by atoms with van der Waals surface area (Å²) in [5.74, 6) is -2.57. The maximum absolute atomic E-state index is 12.7. The highest BCUT2D eigenvalue weighted by atomic mass is 19.4. The van der Waals surface area contributed by atoms with Gasteiger partial charge in [-0.2, -0.15) is 18.3 Å². The molecule has 0 aromatic carbocycles. The zero-order valence-corrected chi connectivity index (χ0v) is 20.4. The fraction of sp³-hybridized carbons (Fsp3) is 0.583. The molecule has 0 radical (unpaired) electrons. The maximum atomic E-state index is 12.7. The second kappa shape index (κ2) is 11.8. The molecule has 1 atom stereocenters. The number of aromatic nitrogens is 3. The topological polar surface area (TPSA) is 101 Å². The Bertz CT molecular complexity index is 1010. The molecule has 12 heteroatoms. The molecule has 2 aliphatic heterocycles. The average Bonchev–Trinajstić information content (AvgIpc) is 3.37. The van der Waals surface area contributed by atoms with Gasteiger partial charge in [0.05, 0.1) is 18.7 Å². The number of methoxy groups -OCH3 is 1. The van der Waals surface area contributed by atoms with E-state index in [4.69, 9.17) is 14.6 Å². The van der Waals surface area contributed by atoms with Gasteiger partial charge in [-0.25, -0.2) is 4.79 Å². The fourth-order valence-electron chi connectivity index (χ4n) is 4.94. The van der Waals surface area contributed by atoms with Crippen LogP contribution in [0.3, 0.4) is 0 Å². The van der Waals surface area contributed by atoms with Crippen LogP contribution in [0, 0.1) is 5.41 Å². The van der Waals surface area contributed by atoms with E-state index in [-0.39, 0.29) is 11.3 Å². The Hall–Kier alpha value is -2.99. The number of carboxylic acids is 1. The Morgan fingerprint density at radius 3 is 2.47 bits per heavy atom. The third kappa shape index (κ3) is 7.50. The number of hydrogen-bond acceptors (Lipinski definition) is 6. The van der Waals surface area contributed by atoms with Crippen LogP contribution in [0.4, 0.5) is 13.2 Å². The summed E-state index contributed by atoms with van der Waals surface area (Å²) < 4.78 is 39.0. The molecule has 1 N–H and O–H groups in total. The molecule has 2 saturated heterocycles. The van der Waals surface area contributed by atoms with Crippen molar-refractivity contribution in [3.8, 4) is 0 Å². The first-order valence-corrected chi connectivity index (χ1v) is 11.7. The van der Waals surface area contributed by atoms with Crippen LogP contribution in [0.25, 0.3) is 0 Å². The van der Waals surface area contributed by atoms with E-state index in [1.807, 2.05) is 42.7 Å². The van der Waals surface area contributed by atoms with Gasteiger partial charge < -0.3 is 14.7 Å². The highest BCUT2D eigenvalue weighted by molar-refractivity contribution is 5.78. The van der Waals surface area contributed by atoms with Crippen molar-refractivity contribution in [1.82, 2.24) is 24.6 Å². The standard InChI is InChI=1S/C22H31N5O2.C2HF3O2/c1-25-9-5-19(24-25)12-21(28)26-10-6-22(7-11-26)13-20(16-29-2)27(17-22)15-18-4-3-8-23-14-18;3-2(4,5)1(6)7/h3-5,8-9,14,20H,6-7,10-13,15-17H2,1-2H3;(H,6,7). The van der Waals surface area contributed by atoms with Crippen LogP contribution < -0.4 is 0 Å². The smallest absolute Gasteiger partial charge is 0.475 e. The monoisotopic (exact) mass is 511 g/mol. The molecule has 2 fully saturated rings. The number of amides is 1. The van der Waals surface area contributed by atoms with Crippen molar-refractivity contribution in [1.29, 1.82) is 0 Å². The van der Waals surface area contributed by atoms with Crippen molar-refractivity contribution in [2.24, 2.45) is 12.5 Å². The number of rotatable bonds is 6. The predicted octanol–water partition coefficient (Wildman–Crippen LogP) is 2.52. The SMILES string of the molecule is COCC1CC2(CCN(C(=O)Cc3ccn(C)n3)CC2)CN1Cc1cccnc1.O=C(O)C(F)(F)F.